The molecule has 2 atom stereocenters. The predicted molar refractivity (Wildman–Crippen MR) is 66.6 cm³/mol. The van der Waals surface area contributed by atoms with Crippen molar-refractivity contribution in [3.63, 3.8) is 0 Å². The van der Waals surface area contributed by atoms with Crippen LogP contribution in [0.5, 0.6) is 0 Å². The van der Waals surface area contributed by atoms with Crippen LogP contribution in [-0.4, -0.2) is 46.0 Å². The number of carboxylic acid groups (broad SMARTS) is 1. The molecular formula is C13H16F2N2O3. The van der Waals surface area contributed by atoms with Crippen molar-refractivity contribution < 1.29 is 23.5 Å². The Labute approximate surface area is 114 Å². The van der Waals surface area contributed by atoms with E-state index in [0.29, 0.717) is 6.54 Å². The SMILES string of the molecule is C[C@@H]1CN(C(=O)c2cccn2CC(F)F)C[C@H]1C(=O)O. The molecule has 20 heavy (non-hydrogen) atoms. The number of aromatic nitrogens is 1. The van der Waals surface area contributed by atoms with Gasteiger partial charge in [0.25, 0.3) is 12.3 Å². The number of carbonyl (C=O) groups excluding carboxylic acids is 1. The minimum absolute atomic E-state index is 0.120. The maximum absolute atomic E-state index is 12.4. The van der Waals surface area contributed by atoms with Crippen LogP contribution < -0.4 is 0 Å². The van der Waals surface area contributed by atoms with Crippen LogP contribution in [0.1, 0.15) is 17.4 Å². The van der Waals surface area contributed by atoms with Gasteiger partial charge in [-0.05, 0) is 18.1 Å². The number of aliphatic carboxylic acids is 1. The second-order valence-corrected chi connectivity index (χ2v) is 5.07. The van der Waals surface area contributed by atoms with E-state index in [-0.39, 0.29) is 18.2 Å². The van der Waals surface area contributed by atoms with Gasteiger partial charge in [0.1, 0.15) is 5.69 Å². The minimum atomic E-state index is -2.54. The Bertz CT molecular complexity index is 515. The third-order valence-corrected chi connectivity index (χ3v) is 3.60. The van der Waals surface area contributed by atoms with Crippen LogP contribution in [0.3, 0.4) is 0 Å². The van der Waals surface area contributed by atoms with Crippen LogP contribution in [-0.2, 0) is 11.3 Å². The number of carboxylic acids is 1. The second-order valence-electron chi connectivity index (χ2n) is 5.07. The molecule has 110 valence electrons. The molecule has 0 spiro atoms. The average molecular weight is 286 g/mol. The monoisotopic (exact) mass is 286 g/mol. The number of rotatable bonds is 4. The van der Waals surface area contributed by atoms with Gasteiger partial charge in [0.05, 0.1) is 12.5 Å². The zero-order valence-corrected chi connectivity index (χ0v) is 11.0. The largest absolute Gasteiger partial charge is 0.481 e. The zero-order valence-electron chi connectivity index (χ0n) is 11.0. The molecule has 7 heteroatoms. The number of nitrogens with zero attached hydrogens (tertiary/aromatic N) is 2. The third kappa shape index (κ3) is 2.81. The lowest BCUT2D eigenvalue weighted by Gasteiger charge is -2.17. The van der Waals surface area contributed by atoms with Crippen molar-refractivity contribution in [1.29, 1.82) is 0 Å². The number of likely N-dealkylation sites (tertiary alicyclic amines) is 1. The summed E-state index contributed by atoms with van der Waals surface area (Å²) in [6.07, 6.45) is -1.12. The van der Waals surface area contributed by atoms with Crippen molar-refractivity contribution in [3.05, 3.63) is 24.0 Å². The summed E-state index contributed by atoms with van der Waals surface area (Å²) in [5.74, 6) is -2.07. The van der Waals surface area contributed by atoms with Crippen LogP contribution >= 0.6 is 0 Å². The van der Waals surface area contributed by atoms with Gasteiger partial charge in [-0.25, -0.2) is 8.78 Å². The summed E-state index contributed by atoms with van der Waals surface area (Å²) in [6, 6.07) is 3.01. The smallest absolute Gasteiger partial charge is 0.308 e. The van der Waals surface area contributed by atoms with Crippen LogP contribution in [0.2, 0.25) is 0 Å². The topological polar surface area (TPSA) is 62.5 Å². The van der Waals surface area contributed by atoms with E-state index in [4.69, 9.17) is 5.11 Å². The normalized spacial score (nSPS) is 22.5. The minimum Gasteiger partial charge on any atom is -0.481 e. The number of hydrogen-bond donors (Lipinski definition) is 1. The molecule has 1 N–H and O–H groups in total. The number of hydrogen-bond acceptors (Lipinski definition) is 2. The fourth-order valence-electron chi connectivity index (χ4n) is 2.53. The van der Waals surface area contributed by atoms with Crippen molar-refractivity contribution >= 4 is 11.9 Å². The van der Waals surface area contributed by atoms with Crippen molar-refractivity contribution in [2.75, 3.05) is 13.1 Å². The zero-order chi connectivity index (χ0) is 14.9. The maximum atomic E-state index is 12.4. The van der Waals surface area contributed by atoms with Crippen molar-refractivity contribution in [3.8, 4) is 0 Å². The van der Waals surface area contributed by atoms with Gasteiger partial charge in [-0.15, -0.1) is 0 Å². The Kier molecular flexibility index (Phi) is 4.06. The van der Waals surface area contributed by atoms with Crippen molar-refractivity contribution in [2.45, 2.75) is 19.9 Å². The first-order chi connectivity index (χ1) is 9.40. The molecule has 1 amide bonds. The van der Waals surface area contributed by atoms with Crippen LogP contribution in [0.4, 0.5) is 8.78 Å². The molecule has 5 nitrogen and oxygen atoms in total. The van der Waals surface area contributed by atoms with Crippen LogP contribution in [0.25, 0.3) is 0 Å². The number of alkyl halides is 2. The Morgan fingerprint density at radius 1 is 1.45 bits per heavy atom. The molecule has 1 aromatic heterocycles. The van der Waals surface area contributed by atoms with Gasteiger partial charge in [0.2, 0.25) is 0 Å². The highest BCUT2D eigenvalue weighted by Crippen LogP contribution is 2.25. The molecule has 0 radical (unpaired) electrons. The molecular weight excluding hydrogens is 270 g/mol. The predicted octanol–water partition coefficient (Wildman–Crippen LogP) is 1.55. The van der Waals surface area contributed by atoms with E-state index in [1.165, 1.54) is 27.8 Å². The molecule has 2 heterocycles. The van der Waals surface area contributed by atoms with Gasteiger partial charge in [-0.3, -0.25) is 9.59 Å². The molecule has 1 aliphatic rings. The van der Waals surface area contributed by atoms with E-state index >= 15 is 0 Å². The third-order valence-electron chi connectivity index (χ3n) is 3.60. The van der Waals surface area contributed by atoms with Gasteiger partial charge in [-0.1, -0.05) is 6.92 Å². The number of carbonyl (C=O) groups is 2. The number of amides is 1. The first-order valence-corrected chi connectivity index (χ1v) is 6.35. The van der Waals surface area contributed by atoms with E-state index in [1.807, 2.05) is 0 Å². The summed E-state index contributed by atoms with van der Waals surface area (Å²) in [4.78, 5) is 24.7. The fraction of sp³-hybridized carbons (Fsp3) is 0.538. The number of halogens is 2. The highest BCUT2D eigenvalue weighted by Gasteiger charge is 2.37. The molecule has 0 aromatic carbocycles. The molecule has 0 bridgehead atoms. The van der Waals surface area contributed by atoms with Gasteiger partial charge >= 0.3 is 5.97 Å². The summed E-state index contributed by atoms with van der Waals surface area (Å²) in [5.41, 5.74) is 0.170. The van der Waals surface area contributed by atoms with Crippen LogP contribution in [0.15, 0.2) is 18.3 Å². The molecule has 2 rings (SSSR count). The standard InChI is InChI=1S/C13H16F2N2O3/c1-8-5-17(6-9(8)13(19)20)12(18)10-3-2-4-16(10)7-11(14)15/h2-4,8-9,11H,5-7H2,1H3,(H,19,20)/t8-,9-/m1/s1. The van der Waals surface area contributed by atoms with E-state index in [0.717, 1.165) is 0 Å². The summed E-state index contributed by atoms with van der Waals surface area (Å²) >= 11 is 0. The van der Waals surface area contributed by atoms with E-state index in [1.54, 1.807) is 6.92 Å². The second kappa shape index (κ2) is 5.60. The molecule has 0 unspecified atom stereocenters. The Morgan fingerprint density at radius 3 is 2.70 bits per heavy atom. The van der Waals surface area contributed by atoms with E-state index in [9.17, 15) is 18.4 Å². The first kappa shape index (κ1) is 14.5. The Hall–Kier alpha value is -1.92. The summed E-state index contributed by atoms with van der Waals surface area (Å²) in [6.45, 7) is 1.68. The molecule has 1 aromatic rings. The average Bonchev–Trinajstić information content (AvgIpc) is 2.94. The van der Waals surface area contributed by atoms with E-state index < -0.39 is 30.8 Å². The van der Waals surface area contributed by atoms with Crippen molar-refractivity contribution in [1.82, 2.24) is 9.47 Å². The van der Waals surface area contributed by atoms with Gasteiger partial charge < -0.3 is 14.6 Å². The summed E-state index contributed by atoms with van der Waals surface area (Å²) in [5, 5.41) is 9.04. The first-order valence-electron chi connectivity index (χ1n) is 6.35. The lowest BCUT2D eigenvalue weighted by Crippen LogP contribution is -2.31. The fourth-order valence-corrected chi connectivity index (χ4v) is 2.53. The van der Waals surface area contributed by atoms with E-state index in [2.05, 4.69) is 0 Å². The Morgan fingerprint density at radius 2 is 2.15 bits per heavy atom. The maximum Gasteiger partial charge on any atom is 0.308 e. The summed E-state index contributed by atoms with van der Waals surface area (Å²) < 4.78 is 26.1. The Balaban J connectivity index is 2.13. The van der Waals surface area contributed by atoms with Crippen LogP contribution in [0, 0.1) is 11.8 Å². The molecule has 1 fully saturated rings. The summed E-state index contributed by atoms with van der Waals surface area (Å²) in [7, 11) is 0. The van der Waals surface area contributed by atoms with Gasteiger partial charge in [0, 0.05) is 19.3 Å². The van der Waals surface area contributed by atoms with Crippen molar-refractivity contribution in [2.24, 2.45) is 11.8 Å². The lowest BCUT2D eigenvalue weighted by atomic mass is 9.99. The lowest BCUT2D eigenvalue weighted by molar-refractivity contribution is -0.142. The van der Waals surface area contributed by atoms with Gasteiger partial charge in [-0.2, -0.15) is 0 Å². The highest BCUT2D eigenvalue weighted by molar-refractivity contribution is 5.93. The highest BCUT2D eigenvalue weighted by atomic mass is 19.3. The quantitative estimate of drug-likeness (QED) is 0.913. The molecule has 1 aliphatic heterocycles. The molecule has 0 saturated carbocycles. The molecule has 0 aliphatic carbocycles. The van der Waals surface area contributed by atoms with Gasteiger partial charge in [0.15, 0.2) is 0 Å². The molecule has 1 saturated heterocycles.